The van der Waals surface area contributed by atoms with Gasteiger partial charge in [0.25, 0.3) is 11.5 Å². The Balaban J connectivity index is 1.13. The van der Waals surface area contributed by atoms with Crippen LogP contribution in [0.25, 0.3) is 0 Å². The lowest BCUT2D eigenvalue weighted by Gasteiger charge is -2.37. The van der Waals surface area contributed by atoms with Crippen LogP contribution in [-0.4, -0.2) is 90.9 Å². The van der Waals surface area contributed by atoms with Crippen LogP contribution in [0.3, 0.4) is 0 Å². The van der Waals surface area contributed by atoms with E-state index >= 15 is 0 Å². The highest BCUT2D eigenvalue weighted by Crippen LogP contribution is 2.27. The van der Waals surface area contributed by atoms with Gasteiger partial charge in [0.1, 0.15) is 34.3 Å². The highest BCUT2D eigenvalue weighted by Gasteiger charge is 2.38. The van der Waals surface area contributed by atoms with Crippen molar-refractivity contribution in [2.24, 2.45) is 0 Å². The van der Waals surface area contributed by atoms with E-state index in [4.69, 9.17) is 24.2 Å². The van der Waals surface area contributed by atoms with Crippen LogP contribution in [0.2, 0.25) is 0 Å². The number of methoxy groups -OCH3 is 2. The van der Waals surface area contributed by atoms with Gasteiger partial charge >= 0.3 is 0 Å². The van der Waals surface area contributed by atoms with Crippen molar-refractivity contribution < 1.29 is 23.7 Å². The number of carbonyl (C=O) groups excluding carboxylic acids is 1. The maximum absolute atomic E-state index is 13.3. The lowest BCUT2D eigenvalue weighted by Crippen LogP contribution is -2.47. The second-order valence-electron chi connectivity index (χ2n) is 10.7. The number of nitriles is 1. The molecule has 2 aliphatic heterocycles. The molecule has 0 bridgehead atoms. The quantitative estimate of drug-likeness (QED) is 0.284. The van der Waals surface area contributed by atoms with E-state index in [1.54, 1.807) is 26.5 Å². The molecule has 2 saturated heterocycles. The van der Waals surface area contributed by atoms with Crippen molar-refractivity contribution in [3.8, 4) is 17.6 Å². The molecule has 2 aromatic heterocycles. The summed E-state index contributed by atoms with van der Waals surface area (Å²) in [5.74, 6) is 1.84. The number of amides is 1. The Morgan fingerprint density at radius 3 is 2.45 bits per heavy atom. The summed E-state index contributed by atoms with van der Waals surface area (Å²) in [7, 11) is 3.15. The average Bonchev–Trinajstić information content (AvgIpc) is 3.43. The van der Waals surface area contributed by atoms with Crippen molar-refractivity contribution >= 4 is 27.7 Å². The van der Waals surface area contributed by atoms with Gasteiger partial charge in [-0.2, -0.15) is 10.4 Å². The maximum Gasteiger partial charge on any atom is 0.285 e. The zero-order chi connectivity index (χ0) is 31.1. The molecule has 0 saturated carbocycles. The van der Waals surface area contributed by atoms with E-state index < -0.39 is 12.2 Å². The third-order valence-corrected chi connectivity index (χ3v) is 8.60. The number of rotatable bonds is 12. The van der Waals surface area contributed by atoms with Crippen LogP contribution in [0.15, 0.2) is 58.1 Å². The van der Waals surface area contributed by atoms with Gasteiger partial charge in [0, 0.05) is 45.4 Å². The topological polar surface area (TPSA) is 132 Å². The minimum absolute atomic E-state index is 0.0138. The molecule has 4 heterocycles. The molecule has 1 amide bonds. The standard InChI is InChI=1S/C31H35BrN6O6/c1-41-19-25(44-27-17-35-38(31(40)29(27)32)18-21-3-6-24(42-2)7-4-21)20-43-26-11-14-37(30(26)39)23-9-12-36(13-10-23)28-8-5-22(15-33)16-34-28/h3-8,16-17,23,25-26H,9-14,18-20H2,1-2H3/t25-,26?/m0/s1. The monoisotopic (exact) mass is 666 g/mol. The summed E-state index contributed by atoms with van der Waals surface area (Å²) in [6, 6.07) is 13.3. The Morgan fingerprint density at radius 1 is 1.02 bits per heavy atom. The molecule has 5 rings (SSSR count). The number of anilines is 1. The molecular formula is C31H35BrN6O6. The Morgan fingerprint density at radius 2 is 1.80 bits per heavy atom. The van der Waals surface area contributed by atoms with Crippen molar-refractivity contribution in [1.82, 2.24) is 19.7 Å². The highest BCUT2D eigenvalue weighted by atomic mass is 79.9. The number of ether oxygens (including phenoxy) is 4. The first-order valence-corrected chi connectivity index (χ1v) is 15.3. The van der Waals surface area contributed by atoms with Gasteiger partial charge in [0.2, 0.25) is 0 Å². The Hall–Kier alpha value is -3.99. The molecule has 1 aromatic carbocycles. The zero-order valence-corrected chi connectivity index (χ0v) is 26.3. The van der Waals surface area contributed by atoms with Crippen LogP contribution in [0.5, 0.6) is 11.5 Å². The third kappa shape index (κ3) is 7.38. The molecule has 12 nitrogen and oxygen atoms in total. The first kappa shape index (κ1) is 31.4. The third-order valence-electron chi connectivity index (χ3n) is 7.87. The summed E-state index contributed by atoms with van der Waals surface area (Å²) in [5.41, 5.74) is 1.10. The molecule has 13 heteroatoms. The normalized spacial score (nSPS) is 17.9. The SMILES string of the molecule is COC[C@@H](COC1CCN(C2CCN(c3ccc(C#N)cn3)CC2)C1=O)Oc1cnn(Cc2ccc(OC)cc2)c(=O)c1Br. The van der Waals surface area contributed by atoms with Crippen LogP contribution < -0.4 is 19.9 Å². The lowest BCUT2D eigenvalue weighted by atomic mass is 10.0. The van der Waals surface area contributed by atoms with Crippen molar-refractivity contribution in [2.75, 3.05) is 52.0 Å². The molecule has 0 radical (unpaired) electrons. The van der Waals surface area contributed by atoms with Gasteiger partial charge in [-0.05, 0) is 58.6 Å². The van der Waals surface area contributed by atoms with Gasteiger partial charge in [0.15, 0.2) is 5.75 Å². The van der Waals surface area contributed by atoms with E-state index in [2.05, 4.69) is 37.0 Å². The molecule has 0 spiro atoms. The molecule has 0 N–H and O–H groups in total. The molecule has 2 fully saturated rings. The number of benzene rings is 1. The maximum atomic E-state index is 13.3. The van der Waals surface area contributed by atoms with Crippen LogP contribution in [0, 0.1) is 11.3 Å². The summed E-state index contributed by atoms with van der Waals surface area (Å²) < 4.78 is 24.2. The van der Waals surface area contributed by atoms with Gasteiger partial charge in [-0.3, -0.25) is 9.59 Å². The molecule has 2 aliphatic rings. The van der Waals surface area contributed by atoms with Gasteiger partial charge in [-0.25, -0.2) is 9.67 Å². The number of pyridine rings is 1. The summed E-state index contributed by atoms with van der Waals surface area (Å²) in [6.45, 7) is 2.81. The predicted molar refractivity (Wildman–Crippen MR) is 165 cm³/mol. The fourth-order valence-electron chi connectivity index (χ4n) is 5.49. The number of halogens is 1. The second kappa shape index (κ2) is 14.7. The van der Waals surface area contributed by atoms with Crippen molar-refractivity contribution in [1.29, 1.82) is 5.26 Å². The molecular weight excluding hydrogens is 632 g/mol. The van der Waals surface area contributed by atoms with Crippen molar-refractivity contribution in [2.45, 2.75) is 44.1 Å². The molecule has 232 valence electrons. The second-order valence-corrected chi connectivity index (χ2v) is 11.5. The van der Waals surface area contributed by atoms with Crippen LogP contribution in [0.1, 0.15) is 30.4 Å². The van der Waals surface area contributed by atoms with Gasteiger partial charge < -0.3 is 28.7 Å². The van der Waals surface area contributed by atoms with E-state index in [9.17, 15) is 9.59 Å². The molecule has 3 aromatic rings. The Bertz CT molecular complexity index is 1520. The van der Waals surface area contributed by atoms with Crippen molar-refractivity contribution in [3.63, 3.8) is 0 Å². The number of carbonyl (C=O) groups is 1. The van der Waals surface area contributed by atoms with Crippen molar-refractivity contribution in [3.05, 3.63) is 74.7 Å². The fourth-order valence-corrected chi connectivity index (χ4v) is 5.89. The molecule has 0 aliphatic carbocycles. The summed E-state index contributed by atoms with van der Waals surface area (Å²) >= 11 is 3.37. The highest BCUT2D eigenvalue weighted by molar-refractivity contribution is 9.10. The summed E-state index contributed by atoms with van der Waals surface area (Å²) in [4.78, 5) is 34.8. The summed E-state index contributed by atoms with van der Waals surface area (Å²) in [6.07, 6.45) is 4.22. The fraction of sp³-hybridized carbons (Fsp3) is 0.452. The van der Waals surface area contributed by atoms with E-state index in [1.807, 2.05) is 35.2 Å². The van der Waals surface area contributed by atoms with E-state index in [1.165, 1.54) is 10.9 Å². The number of piperidine rings is 1. The number of aromatic nitrogens is 3. The van der Waals surface area contributed by atoms with E-state index in [0.29, 0.717) is 18.5 Å². The average molecular weight is 668 g/mol. The van der Waals surface area contributed by atoms with E-state index in [-0.39, 0.29) is 47.5 Å². The van der Waals surface area contributed by atoms with Gasteiger partial charge in [0.05, 0.1) is 38.6 Å². The predicted octanol–water partition coefficient (Wildman–Crippen LogP) is 3.01. The number of hydrogen-bond donors (Lipinski definition) is 0. The van der Waals surface area contributed by atoms with Gasteiger partial charge in [-0.15, -0.1) is 0 Å². The smallest absolute Gasteiger partial charge is 0.285 e. The number of likely N-dealkylation sites (tertiary alicyclic amines) is 1. The zero-order valence-electron chi connectivity index (χ0n) is 24.7. The largest absolute Gasteiger partial charge is 0.497 e. The van der Waals surface area contributed by atoms with Crippen LogP contribution in [0.4, 0.5) is 5.82 Å². The lowest BCUT2D eigenvalue weighted by molar-refractivity contribution is -0.141. The number of hydrogen-bond acceptors (Lipinski definition) is 10. The molecule has 44 heavy (non-hydrogen) atoms. The number of nitrogens with zero attached hydrogens (tertiary/aromatic N) is 6. The van der Waals surface area contributed by atoms with Crippen LogP contribution in [-0.2, 0) is 20.8 Å². The first-order valence-electron chi connectivity index (χ1n) is 14.5. The van der Waals surface area contributed by atoms with Crippen LogP contribution >= 0.6 is 15.9 Å². The molecule has 2 atom stereocenters. The Kier molecular flexibility index (Phi) is 10.5. The molecule has 1 unspecified atom stereocenters. The van der Waals surface area contributed by atoms with Gasteiger partial charge in [-0.1, -0.05) is 12.1 Å². The minimum Gasteiger partial charge on any atom is -0.497 e. The van der Waals surface area contributed by atoms with E-state index in [0.717, 1.165) is 43.1 Å². The summed E-state index contributed by atoms with van der Waals surface area (Å²) in [5, 5.41) is 13.3. The minimum atomic E-state index is -0.560. The first-order chi connectivity index (χ1) is 21.4. The Labute approximate surface area is 264 Å².